The average molecular weight is 351 g/mol. The number of pyridine rings is 1. The molecule has 0 atom stereocenters. The Bertz CT molecular complexity index is 691. The lowest BCUT2D eigenvalue weighted by Crippen LogP contribution is -1.93. The smallest absolute Gasteiger partial charge is 0.258 e. The largest absolute Gasteiger partial charge is 0.302 e. The molecule has 0 radical (unpaired) electrons. The first-order chi connectivity index (χ1) is 9.63. The SMILES string of the molecule is O=[N+]([O-])c1cc(Br)cnc1Sc1ccc2c(c1)CCC2. The minimum Gasteiger partial charge on any atom is -0.258 e. The summed E-state index contributed by atoms with van der Waals surface area (Å²) in [7, 11) is 0. The molecule has 0 fully saturated rings. The molecule has 4 nitrogen and oxygen atoms in total. The van der Waals surface area contributed by atoms with Crippen LogP contribution in [0.5, 0.6) is 0 Å². The van der Waals surface area contributed by atoms with Crippen molar-refractivity contribution in [2.75, 3.05) is 0 Å². The van der Waals surface area contributed by atoms with Crippen molar-refractivity contribution in [3.05, 3.63) is 56.2 Å². The van der Waals surface area contributed by atoms with Crippen LogP contribution in [0.15, 0.2) is 44.9 Å². The van der Waals surface area contributed by atoms with E-state index >= 15 is 0 Å². The molecule has 0 N–H and O–H groups in total. The van der Waals surface area contributed by atoms with Gasteiger partial charge in [0.05, 0.1) is 4.92 Å². The van der Waals surface area contributed by atoms with Gasteiger partial charge in [0.15, 0.2) is 5.03 Å². The molecule has 20 heavy (non-hydrogen) atoms. The van der Waals surface area contributed by atoms with E-state index in [0.29, 0.717) is 9.50 Å². The van der Waals surface area contributed by atoms with Gasteiger partial charge < -0.3 is 0 Å². The molecule has 0 aliphatic heterocycles. The summed E-state index contributed by atoms with van der Waals surface area (Å²) >= 11 is 4.56. The van der Waals surface area contributed by atoms with Crippen molar-refractivity contribution in [1.82, 2.24) is 4.98 Å². The fourth-order valence-electron chi connectivity index (χ4n) is 2.35. The molecular formula is C14H11BrN2O2S. The summed E-state index contributed by atoms with van der Waals surface area (Å²) in [5, 5.41) is 11.5. The van der Waals surface area contributed by atoms with Gasteiger partial charge >= 0.3 is 5.69 Å². The van der Waals surface area contributed by atoms with E-state index in [2.05, 4.69) is 33.0 Å². The number of hydrogen-bond donors (Lipinski definition) is 0. The van der Waals surface area contributed by atoms with E-state index in [-0.39, 0.29) is 5.69 Å². The molecule has 6 heteroatoms. The summed E-state index contributed by atoms with van der Waals surface area (Å²) in [4.78, 5) is 15.9. The van der Waals surface area contributed by atoms with Gasteiger partial charge in [0, 0.05) is 21.6 Å². The van der Waals surface area contributed by atoms with Gasteiger partial charge in [-0.25, -0.2) is 4.98 Å². The normalized spacial score (nSPS) is 13.2. The van der Waals surface area contributed by atoms with E-state index in [9.17, 15) is 10.1 Å². The second kappa shape index (κ2) is 5.54. The Kier molecular flexibility index (Phi) is 3.76. The van der Waals surface area contributed by atoms with Crippen LogP contribution >= 0.6 is 27.7 Å². The standard InChI is InChI=1S/C14H11BrN2O2S/c15-11-7-13(17(18)19)14(16-8-11)20-12-5-4-9-2-1-3-10(9)6-12/h4-8H,1-3H2. The highest BCUT2D eigenvalue weighted by atomic mass is 79.9. The maximum absolute atomic E-state index is 11.1. The third-order valence-electron chi connectivity index (χ3n) is 3.28. The minimum absolute atomic E-state index is 0.0323. The Labute approximate surface area is 128 Å². The number of fused-ring (bicyclic) bond motifs is 1. The monoisotopic (exact) mass is 350 g/mol. The Morgan fingerprint density at radius 2 is 2.05 bits per heavy atom. The van der Waals surface area contributed by atoms with Crippen molar-refractivity contribution in [2.45, 2.75) is 29.2 Å². The van der Waals surface area contributed by atoms with Gasteiger partial charge in [-0.15, -0.1) is 0 Å². The van der Waals surface area contributed by atoms with E-state index in [0.717, 1.165) is 17.7 Å². The third-order valence-corrected chi connectivity index (χ3v) is 4.71. The molecule has 0 amide bonds. The van der Waals surface area contributed by atoms with Crippen molar-refractivity contribution >= 4 is 33.4 Å². The zero-order valence-corrected chi connectivity index (χ0v) is 12.9. The summed E-state index contributed by atoms with van der Waals surface area (Å²) in [6.45, 7) is 0. The number of nitro groups is 1. The molecule has 3 rings (SSSR count). The molecule has 1 aliphatic carbocycles. The van der Waals surface area contributed by atoms with E-state index in [4.69, 9.17) is 0 Å². The molecule has 102 valence electrons. The van der Waals surface area contributed by atoms with Crippen LogP contribution in [0.4, 0.5) is 5.69 Å². The van der Waals surface area contributed by atoms with Gasteiger partial charge in [-0.05, 0) is 58.5 Å². The zero-order chi connectivity index (χ0) is 14.1. The number of aryl methyl sites for hydroxylation is 2. The van der Waals surface area contributed by atoms with Gasteiger partial charge in [0.2, 0.25) is 0 Å². The highest BCUT2D eigenvalue weighted by Gasteiger charge is 2.18. The number of halogens is 1. The molecule has 1 aromatic heterocycles. The molecule has 0 saturated heterocycles. The van der Waals surface area contributed by atoms with Gasteiger partial charge in [0.1, 0.15) is 0 Å². The molecule has 0 bridgehead atoms. The van der Waals surface area contributed by atoms with Crippen LogP contribution in [0.1, 0.15) is 17.5 Å². The molecule has 1 aromatic carbocycles. The van der Waals surface area contributed by atoms with Gasteiger partial charge in [-0.3, -0.25) is 10.1 Å². The number of benzene rings is 1. The van der Waals surface area contributed by atoms with Crippen molar-refractivity contribution < 1.29 is 4.92 Å². The number of nitrogens with zero attached hydrogens (tertiary/aromatic N) is 2. The molecule has 0 spiro atoms. The summed E-state index contributed by atoms with van der Waals surface area (Å²) in [5.41, 5.74) is 2.78. The summed E-state index contributed by atoms with van der Waals surface area (Å²) in [5.74, 6) is 0. The molecular weight excluding hydrogens is 340 g/mol. The van der Waals surface area contributed by atoms with Crippen LogP contribution < -0.4 is 0 Å². The maximum atomic E-state index is 11.1. The van der Waals surface area contributed by atoms with Crippen LogP contribution in [0, 0.1) is 10.1 Å². The fraction of sp³-hybridized carbons (Fsp3) is 0.214. The lowest BCUT2D eigenvalue weighted by Gasteiger charge is -2.05. The highest BCUT2D eigenvalue weighted by Crippen LogP contribution is 2.36. The molecule has 1 heterocycles. The first-order valence-corrected chi connectivity index (χ1v) is 7.84. The number of hydrogen-bond acceptors (Lipinski definition) is 4. The quantitative estimate of drug-likeness (QED) is 0.608. The fourth-order valence-corrected chi connectivity index (χ4v) is 3.57. The van der Waals surface area contributed by atoms with Crippen molar-refractivity contribution in [3.63, 3.8) is 0 Å². The lowest BCUT2D eigenvalue weighted by molar-refractivity contribution is -0.388. The van der Waals surface area contributed by atoms with Crippen LogP contribution in [0.3, 0.4) is 0 Å². The van der Waals surface area contributed by atoms with Crippen molar-refractivity contribution in [2.24, 2.45) is 0 Å². The Morgan fingerprint density at radius 1 is 1.25 bits per heavy atom. The summed E-state index contributed by atoms with van der Waals surface area (Å²) in [6.07, 6.45) is 5.01. The average Bonchev–Trinajstić information content (AvgIpc) is 2.88. The van der Waals surface area contributed by atoms with Crippen LogP contribution in [-0.4, -0.2) is 9.91 Å². The Hall–Kier alpha value is -1.40. The van der Waals surface area contributed by atoms with Crippen LogP contribution in [0.2, 0.25) is 0 Å². The van der Waals surface area contributed by atoms with Gasteiger partial charge in [-0.2, -0.15) is 0 Å². The lowest BCUT2D eigenvalue weighted by atomic mass is 10.1. The summed E-state index contributed by atoms with van der Waals surface area (Å²) < 4.78 is 0.613. The van der Waals surface area contributed by atoms with Gasteiger partial charge in [-0.1, -0.05) is 17.8 Å². The van der Waals surface area contributed by atoms with Crippen molar-refractivity contribution in [1.29, 1.82) is 0 Å². The molecule has 2 aromatic rings. The first kappa shape index (κ1) is 13.6. The highest BCUT2D eigenvalue weighted by molar-refractivity contribution is 9.10. The third kappa shape index (κ3) is 2.71. The summed E-state index contributed by atoms with van der Waals surface area (Å²) in [6, 6.07) is 7.75. The molecule has 0 saturated carbocycles. The second-order valence-corrected chi connectivity index (χ2v) is 6.60. The van der Waals surface area contributed by atoms with E-state index in [1.807, 2.05) is 6.07 Å². The molecule has 1 aliphatic rings. The topological polar surface area (TPSA) is 56.0 Å². The predicted octanol–water partition coefficient (Wildman–Crippen LogP) is 4.39. The van der Waals surface area contributed by atoms with Crippen molar-refractivity contribution in [3.8, 4) is 0 Å². The second-order valence-electron chi connectivity index (χ2n) is 4.62. The maximum Gasteiger partial charge on any atom is 0.302 e. The van der Waals surface area contributed by atoms with E-state index < -0.39 is 4.92 Å². The zero-order valence-electron chi connectivity index (χ0n) is 10.5. The number of aromatic nitrogens is 1. The minimum atomic E-state index is -0.395. The van der Waals surface area contributed by atoms with E-state index in [1.165, 1.54) is 35.4 Å². The first-order valence-electron chi connectivity index (χ1n) is 6.23. The predicted molar refractivity (Wildman–Crippen MR) is 81.2 cm³/mol. The van der Waals surface area contributed by atoms with E-state index in [1.54, 1.807) is 6.20 Å². The Balaban J connectivity index is 1.93. The molecule has 0 unspecified atom stereocenters. The van der Waals surface area contributed by atoms with Crippen LogP contribution in [0.25, 0.3) is 0 Å². The van der Waals surface area contributed by atoms with Crippen LogP contribution in [-0.2, 0) is 12.8 Å². The van der Waals surface area contributed by atoms with Gasteiger partial charge in [0.25, 0.3) is 0 Å². The number of rotatable bonds is 3. The Morgan fingerprint density at radius 3 is 2.85 bits per heavy atom.